The van der Waals surface area contributed by atoms with Crippen LogP contribution in [0, 0.1) is 0 Å². The molecule has 0 amide bonds. The summed E-state index contributed by atoms with van der Waals surface area (Å²) >= 11 is 0. The van der Waals surface area contributed by atoms with Crippen molar-refractivity contribution < 1.29 is 22.8 Å². The lowest BCUT2D eigenvalue weighted by atomic mass is 10.2. The fourth-order valence-corrected chi connectivity index (χ4v) is 4.95. The second kappa shape index (κ2) is 13.7. The summed E-state index contributed by atoms with van der Waals surface area (Å²) in [6.07, 6.45) is 5.20. The first-order valence-electron chi connectivity index (χ1n) is 8.75. The minimum absolute atomic E-state index is 0.300. The average molecular weight is 347 g/mol. The Bertz CT molecular complexity index is 316. The summed E-state index contributed by atoms with van der Waals surface area (Å²) in [5.74, 6) is -0.300. The van der Waals surface area contributed by atoms with Crippen molar-refractivity contribution in [3.8, 4) is 0 Å². The zero-order valence-corrected chi connectivity index (χ0v) is 16.3. The van der Waals surface area contributed by atoms with E-state index in [-0.39, 0.29) is 5.97 Å². The van der Waals surface area contributed by atoms with Crippen molar-refractivity contribution in [2.45, 2.75) is 65.8 Å². The Balaban J connectivity index is 3.85. The van der Waals surface area contributed by atoms with Crippen LogP contribution in [0.4, 0.5) is 0 Å². The first kappa shape index (κ1) is 22.3. The van der Waals surface area contributed by atoms with E-state index in [0.29, 0.717) is 32.0 Å². The van der Waals surface area contributed by atoms with Crippen LogP contribution in [0.5, 0.6) is 0 Å². The number of esters is 1. The highest BCUT2D eigenvalue weighted by Crippen LogP contribution is 2.20. The predicted molar refractivity (Wildman–Crippen MR) is 94.3 cm³/mol. The maximum atomic E-state index is 11.2. The molecule has 0 saturated carbocycles. The minimum atomic E-state index is -2.48. The van der Waals surface area contributed by atoms with Crippen molar-refractivity contribution in [1.82, 2.24) is 0 Å². The van der Waals surface area contributed by atoms with E-state index in [4.69, 9.17) is 18.0 Å². The van der Waals surface area contributed by atoms with Gasteiger partial charge in [0.1, 0.15) is 0 Å². The maximum absolute atomic E-state index is 11.2. The van der Waals surface area contributed by atoms with Crippen LogP contribution in [0.25, 0.3) is 0 Å². The molecule has 0 N–H and O–H groups in total. The zero-order chi connectivity index (χ0) is 17.6. The topological polar surface area (TPSA) is 54.0 Å². The number of unbranched alkanes of at least 4 members (excludes halogenated alkanes) is 4. The van der Waals surface area contributed by atoms with Gasteiger partial charge in [-0.05, 0) is 40.5 Å². The second-order valence-corrected chi connectivity index (χ2v) is 8.15. The van der Waals surface area contributed by atoms with Crippen LogP contribution in [0.15, 0.2) is 12.2 Å². The quantitative estimate of drug-likeness (QED) is 0.193. The standard InChI is InChI=1S/C17H34O5Si/c1-6-20-23(21-7-2,22-8-3)15-13-11-9-10-12-14-19-17(18)16(4)5/h4,6-15H2,1-3,5H3. The fraction of sp³-hybridized carbons (Fsp3) is 0.824. The smallest absolute Gasteiger partial charge is 0.462 e. The Morgan fingerprint density at radius 1 is 0.870 bits per heavy atom. The molecule has 0 spiro atoms. The molecule has 0 fully saturated rings. The van der Waals surface area contributed by atoms with Gasteiger partial charge < -0.3 is 18.0 Å². The van der Waals surface area contributed by atoms with E-state index in [9.17, 15) is 4.79 Å². The summed E-state index contributed by atoms with van der Waals surface area (Å²) in [6.45, 7) is 13.5. The third-order valence-corrected chi connectivity index (χ3v) is 6.45. The SMILES string of the molecule is C=C(C)C(=O)OCCCCCCC[Si](OCC)(OCC)OCC. The number of carbonyl (C=O) groups excluding carboxylic acids is 1. The Labute approximate surface area is 142 Å². The molecular weight excluding hydrogens is 312 g/mol. The highest BCUT2D eigenvalue weighted by atomic mass is 28.4. The molecule has 6 heteroatoms. The first-order chi connectivity index (χ1) is 11.0. The van der Waals surface area contributed by atoms with Gasteiger partial charge in [0.05, 0.1) is 6.61 Å². The molecule has 0 aromatic heterocycles. The summed E-state index contributed by atoms with van der Waals surface area (Å²) in [6, 6.07) is 0.868. The molecule has 5 nitrogen and oxygen atoms in total. The number of ether oxygens (including phenoxy) is 1. The van der Waals surface area contributed by atoms with E-state index in [1.807, 2.05) is 20.8 Å². The Morgan fingerprint density at radius 2 is 1.35 bits per heavy atom. The third-order valence-electron chi connectivity index (χ3n) is 3.30. The molecule has 0 aliphatic heterocycles. The van der Waals surface area contributed by atoms with E-state index in [2.05, 4.69) is 6.58 Å². The van der Waals surface area contributed by atoms with Crippen molar-refractivity contribution in [2.24, 2.45) is 0 Å². The molecule has 0 radical (unpaired) electrons. The highest BCUT2D eigenvalue weighted by molar-refractivity contribution is 6.60. The normalized spacial score (nSPS) is 11.5. The van der Waals surface area contributed by atoms with Gasteiger partial charge in [-0.3, -0.25) is 0 Å². The summed E-state index contributed by atoms with van der Waals surface area (Å²) in [5, 5.41) is 0. The Kier molecular flexibility index (Phi) is 13.3. The van der Waals surface area contributed by atoms with Gasteiger partial charge in [0, 0.05) is 31.4 Å². The Morgan fingerprint density at radius 3 is 1.83 bits per heavy atom. The molecule has 23 heavy (non-hydrogen) atoms. The molecular formula is C17H34O5Si. The monoisotopic (exact) mass is 346 g/mol. The molecule has 0 aliphatic rings. The molecule has 0 rings (SSSR count). The van der Waals surface area contributed by atoms with Gasteiger partial charge in [-0.15, -0.1) is 0 Å². The van der Waals surface area contributed by atoms with E-state index < -0.39 is 8.80 Å². The van der Waals surface area contributed by atoms with E-state index in [1.54, 1.807) is 6.92 Å². The molecule has 0 unspecified atom stereocenters. The van der Waals surface area contributed by atoms with Crippen LogP contribution in [0.3, 0.4) is 0 Å². The minimum Gasteiger partial charge on any atom is -0.462 e. The van der Waals surface area contributed by atoms with E-state index in [0.717, 1.165) is 38.1 Å². The summed E-state index contributed by atoms with van der Waals surface area (Å²) in [7, 11) is -2.48. The molecule has 0 saturated heterocycles. The van der Waals surface area contributed by atoms with Gasteiger partial charge in [0.15, 0.2) is 0 Å². The average Bonchev–Trinajstić information content (AvgIpc) is 2.50. The number of hydrogen-bond acceptors (Lipinski definition) is 5. The van der Waals surface area contributed by atoms with E-state index >= 15 is 0 Å². The van der Waals surface area contributed by atoms with Gasteiger partial charge >= 0.3 is 14.8 Å². The van der Waals surface area contributed by atoms with Gasteiger partial charge in [0.25, 0.3) is 0 Å². The van der Waals surface area contributed by atoms with Crippen molar-refractivity contribution in [3.63, 3.8) is 0 Å². The third kappa shape index (κ3) is 10.7. The first-order valence-corrected chi connectivity index (χ1v) is 10.7. The molecule has 136 valence electrons. The lowest BCUT2D eigenvalue weighted by Crippen LogP contribution is -2.45. The van der Waals surface area contributed by atoms with Gasteiger partial charge in [0.2, 0.25) is 0 Å². The second-order valence-electron chi connectivity index (χ2n) is 5.42. The molecule has 0 heterocycles. The van der Waals surface area contributed by atoms with Crippen LogP contribution in [-0.2, 0) is 22.8 Å². The van der Waals surface area contributed by atoms with Crippen molar-refractivity contribution in [2.75, 3.05) is 26.4 Å². The number of carbonyl (C=O) groups is 1. The molecule has 0 aromatic carbocycles. The predicted octanol–water partition coefficient (Wildman–Crippen LogP) is 4.10. The molecule has 0 aromatic rings. The summed E-state index contributed by atoms with van der Waals surface area (Å²) in [4.78, 5) is 11.2. The van der Waals surface area contributed by atoms with Gasteiger partial charge in [-0.25, -0.2) is 4.79 Å². The maximum Gasteiger partial charge on any atom is 0.500 e. The Hall–Kier alpha value is -0.693. The van der Waals surface area contributed by atoms with Crippen molar-refractivity contribution >= 4 is 14.8 Å². The van der Waals surface area contributed by atoms with Crippen LogP contribution >= 0.6 is 0 Å². The molecule has 0 bridgehead atoms. The molecule has 0 aliphatic carbocycles. The largest absolute Gasteiger partial charge is 0.500 e. The number of hydrogen-bond donors (Lipinski definition) is 0. The van der Waals surface area contributed by atoms with E-state index in [1.165, 1.54) is 0 Å². The van der Waals surface area contributed by atoms with Crippen molar-refractivity contribution in [3.05, 3.63) is 12.2 Å². The van der Waals surface area contributed by atoms with Crippen LogP contribution in [-0.4, -0.2) is 41.2 Å². The highest BCUT2D eigenvalue weighted by Gasteiger charge is 2.39. The summed E-state index contributed by atoms with van der Waals surface area (Å²) < 4.78 is 22.6. The van der Waals surface area contributed by atoms with Gasteiger partial charge in [-0.2, -0.15) is 0 Å². The van der Waals surface area contributed by atoms with Crippen LogP contribution in [0.1, 0.15) is 59.8 Å². The zero-order valence-electron chi connectivity index (χ0n) is 15.3. The lowest BCUT2D eigenvalue weighted by molar-refractivity contribution is -0.139. The number of rotatable bonds is 15. The van der Waals surface area contributed by atoms with Crippen LogP contribution < -0.4 is 0 Å². The molecule has 0 atom stereocenters. The van der Waals surface area contributed by atoms with Crippen molar-refractivity contribution in [1.29, 1.82) is 0 Å². The fourth-order valence-electron chi connectivity index (χ4n) is 2.26. The van der Waals surface area contributed by atoms with Gasteiger partial charge in [-0.1, -0.05) is 25.8 Å². The lowest BCUT2D eigenvalue weighted by Gasteiger charge is -2.28. The van der Waals surface area contributed by atoms with Crippen LogP contribution in [0.2, 0.25) is 6.04 Å². The summed E-state index contributed by atoms with van der Waals surface area (Å²) in [5.41, 5.74) is 0.453.